The lowest BCUT2D eigenvalue weighted by atomic mass is 9.97. The van der Waals surface area contributed by atoms with E-state index in [0.717, 1.165) is 15.8 Å². The summed E-state index contributed by atoms with van der Waals surface area (Å²) in [6, 6.07) is 18.5. The Balaban J connectivity index is 1.33. The monoisotopic (exact) mass is 659 g/mol. The molecule has 0 aliphatic carbocycles. The number of anilines is 1. The quantitative estimate of drug-likeness (QED) is 0.330. The Kier molecular flexibility index (Phi) is 10.7. The SMILES string of the molecule is CCOC(=O)n1nc(NC(=O)C2CCCN(C(=O)OCc3ccccc3)C2)c2c1C(C)(C)N(C(=O)N[C@H](CN(C)C)c1ccccc1)C2. The molecule has 3 heterocycles. The maximum atomic E-state index is 13.9. The van der Waals surface area contributed by atoms with Gasteiger partial charge in [-0.05, 0) is 58.8 Å². The molecule has 1 saturated heterocycles. The Morgan fingerprint density at radius 3 is 2.35 bits per heavy atom. The van der Waals surface area contributed by atoms with Crippen molar-refractivity contribution in [3.05, 3.63) is 83.0 Å². The summed E-state index contributed by atoms with van der Waals surface area (Å²) in [5.74, 6) is -0.663. The van der Waals surface area contributed by atoms with Gasteiger partial charge in [0.2, 0.25) is 5.91 Å². The largest absolute Gasteiger partial charge is 0.448 e. The highest BCUT2D eigenvalue weighted by molar-refractivity contribution is 5.94. The minimum Gasteiger partial charge on any atom is -0.448 e. The van der Waals surface area contributed by atoms with E-state index in [1.165, 1.54) is 0 Å². The van der Waals surface area contributed by atoms with Crippen molar-refractivity contribution in [3.8, 4) is 0 Å². The van der Waals surface area contributed by atoms with Crippen LogP contribution in [0.25, 0.3) is 0 Å². The zero-order valence-electron chi connectivity index (χ0n) is 28.3. The van der Waals surface area contributed by atoms with Crippen LogP contribution in [0.15, 0.2) is 60.7 Å². The van der Waals surface area contributed by atoms with Gasteiger partial charge in [0.05, 0.1) is 36.3 Å². The lowest BCUT2D eigenvalue weighted by molar-refractivity contribution is -0.121. The van der Waals surface area contributed by atoms with Crippen LogP contribution in [0.3, 0.4) is 0 Å². The van der Waals surface area contributed by atoms with Gasteiger partial charge in [0.1, 0.15) is 6.61 Å². The lowest BCUT2D eigenvalue weighted by Gasteiger charge is -2.34. The summed E-state index contributed by atoms with van der Waals surface area (Å²) >= 11 is 0. The number of urea groups is 1. The van der Waals surface area contributed by atoms with Gasteiger partial charge in [0, 0.05) is 25.2 Å². The second-order valence-electron chi connectivity index (χ2n) is 12.9. The number of hydrogen-bond donors (Lipinski definition) is 2. The molecule has 2 aliphatic rings. The van der Waals surface area contributed by atoms with E-state index in [0.29, 0.717) is 37.2 Å². The van der Waals surface area contributed by atoms with Crippen molar-refractivity contribution in [1.82, 2.24) is 29.8 Å². The van der Waals surface area contributed by atoms with E-state index in [4.69, 9.17) is 9.47 Å². The van der Waals surface area contributed by atoms with Crippen LogP contribution in [0, 0.1) is 5.92 Å². The van der Waals surface area contributed by atoms with Gasteiger partial charge in [-0.15, -0.1) is 5.10 Å². The average molecular weight is 660 g/mol. The number of benzene rings is 2. The average Bonchev–Trinajstić information content (AvgIpc) is 3.58. The standard InChI is InChI=1S/C35H45N7O6/c1-6-47-34(46)42-29-27(21-41(35(29,2)3)32(44)36-28(22-39(4)5)25-16-11-8-12-17-25)30(38-42)37-31(43)26-18-13-19-40(20-26)33(45)48-23-24-14-9-7-10-15-24/h7-12,14-17,26,28H,6,13,18-23H2,1-5H3,(H,36,44)(H,37,38,43)/t26?,28-/m1/s1. The van der Waals surface area contributed by atoms with Crippen LogP contribution >= 0.6 is 0 Å². The van der Waals surface area contributed by atoms with Gasteiger partial charge in [-0.3, -0.25) is 4.79 Å². The smallest absolute Gasteiger partial charge is 0.435 e. The molecule has 256 valence electrons. The summed E-state index contributed by atoms with van der Waals surface area (Å²) in [5, 5.41) is 10.6. The molecule has 3 aromatic rings. The first-order valence-electron chi connectivity index (χ1n) is 16.3. The lowest BCUT2D eigenvalue weighted by Crippen LogP contribution is -2.49. The van der Waals surface area contributed by atoms with E-state index < -0.39 is 23.6 Å². The minimum absolute atomic E-state index is 0.106. The molecule has 13 heteroatoms. The molecule has 2 N–H and O–H groups in total. The van der Waals surface area contributed by atoms with Crippen molar-refractivity contribution in [2.75, 3.05) is 45.7 Å². The number of amides is 4. The minimum atomic E-state index is -0.980. The zero-order valence-corrected chi connectivity index (χ0v) is 28.3. The molecule has 1 fully saturated rings. The van der Waals surface area contributed by atoms with E-state index in [2.05, 4.69) is 15.7 Å². The first kappa shape index (κ1) is 34.4. The molecule has 5 rings (SSSR count). The number of carbonyl (C=O) groups excluding carboxylic acids is 4. The number of likely N-dealkylation sites (N-methyl/N-ethyl adjacent to an activating group) is 1. The van der Waals surface area contributed by atoms with Crippen molar-refractivity contribution in [2.24, 2.45) is 5.92 Å². The van der Waals surface area contributed by atoms with Crippen molar-refractivity contribution in [3.63, 3.8) is 0 Å². The summed E-state index contributed by atoms with van der Waals surface area (Å²) < 4.78 is 12.0. The van der Waals surface area contributed by atoms with E-state index in [9.17, 15) is 19.2 Å². The second-order valence-corrected chi connectivity index (χ2v) is 12.9. The number of nitrogens with zero attached hydrogens (tertiary/aromatic N) is 5. The molecule has 13 nitrogen and oxygen atoms in total. The Labute approximate surface area is 281 Å². The molecular formula is C35H45N7O6. The molecule has 1 unspecified atom stereocenters. The molecule has 4 amide bonds. The third kappa shape index (κ3) is 7.62. The summed E-state index contributed by atoms with van der Waals surface area (Å²) in [5.41, 5.74) is 1.87. The van der Waals surface area contributed by atoms with E-state index in [-0.39, 0.29) is 50.1 Å². The van der Waals surface area contributed by atoms with E-state index >= 15 is 0 Å². The molecule has 48 heavy (non-hydrogen) atoms. The number of fused-ring (bicyclic) bond motifs is 1. The van der Waals surface area contributed by atoms with Crippen LogP contribution in [0.5, 0.6) is 0 Å². The van der Waals surface area contributed by atoms with Gasteiger partial charge in [0.15, 0.2) is 5.82 Å². The molecule has 1 aromatic heterocycles. The van der Waals surface area contributed by atoms with Crippen LogP contribution in [-0.2, 0) is 33.0 Å². The van der Waals surface area contributed by atoms with Gasteiger partial charge in [-0.1, -0.05) is 60.7 Å². The van der Waals surface area contributed by atoms with Gasteiger partial charge in [0.25, 0.3) is 0 Å². The molecule has 0 radical (unpaired) electrons. The predicted octanol–water partition coefficient (Wildman–Crippen LogP) is 4.94. The van der Waals surface area contributed by atoms with Crippen molar-refractivity contribution < 1.29 is 28.7 Å². The third-order valence-corrected chi connectivity index (χ3v) is 8.78. The first-order chi connectivity index (χ1) is 23.0. The summed E-state index contributed by atoms with van der Waals surface area (Å²) in [7, 11) is 3.89. The van der Waals surface area contributed by atoms with Crippen LogP contribution in [0.2, 0.25) is 0 Å². The van der Waals surface area contributed by atoms with Crippen molar-refractivity contribution >= 4 is 29.9 Å². The molecule has 2 atom stereocenters. The summed E-state index contributed by atoms with van der Waals surface area (Å²) in [6.45, 7) is 7.00. The number of aromatic nitrogens is 2. The van der Waals surface area contributed by atoms with Gasteiger partial charge >= 0.3 is 18.2 Å². The number of hydrogen-bond acceptors (Lipinski definition) is 8. The van der Waals surface area contributed by atoms with Gasteiger partial charge in [-0.2, -0.15) is 4.68 Å². The Morgan fingerprint density at radius 1 is 1.00 bits per heavy atom. The third-order valence-electron chi connectivity index (χ3n) is 8.78. The molecule has 2 aliphatic heterocycles. The maximum Gasteiger partial charge on any atom is 0.435 e. The number of carbonyl (C=O) groups is 4. The second kappa shape index (κ2) is 14.9. The topological polar surface area (TPSA) is 138 Å². The number of piperidine rings is 1. The van der Waals surface area contributed by atoms with E-state index in [1.54, 1.807) is 16.7 Å². The van der Waals surface area contributed by atoms with Crippen molar-refractivity contribution in [2.45, 2.75) is 58.3 Å². The first-order valence-corrected chi connectivity index (χ1v) is 16.3. The Morgan fingerprint density at radius 2 is 1.69 bits per heavy atom. The van der Waals surface area contributed by atoms with Crippen molar-refractivity contribution in [1.29, 1.82) is 0 Å². The fourth-order valence-corrected chi connectivity index (χ4v) is 6.35. The number of nitrogens with one attached hydrogen (secondary N) is 2. The highest BCUT2D eigenvalue weighted by atomic mass is 16.6. The number of rotatable bonds is 9. The molecule has 0 spiro atoms. The molecular weight excluding hydrogens is 614 g/mol. The van der Waals surface area contributed by atoms with Crippen LogP contribution in [0.4, 0.5) is 20.2 Å². The summed E-state index contributed by atoms with van der Waals surface area (Å²) in [4.78, 5) is 58.7. The number of likely N-dealkylation sites (tertiary alicyclic amines) is 1. The van der Waals surface area contributed by atoms with Gasteiger partial charge in [-0.25, -0.2) is 14.4 Å². The fourth-order valence-electron chi connectivity index (χ4n) is 6.35. The number of ether oxygens (including phenoxy) is 2. The molecule has 0 saturated carbocycles. The molecule has 2 aromatic carbocycles. The highest BCUT2D eigenvalue weighted by Gasteiger charge is 2.47. The maximum absolute atomic E-state index is 13.9. The Bertz CT molecular complexity index is 1610. The van der Waals surface area contributed by atoms with Crippen LogP contribution in [0.1, 0.15) is 62.0 Å². The fraction of sp³-hybridized carbons (Fsp3) is 0.457. The summed E-state index contributed by atoms with van der Waals surface area (Å²) in [6.07, 6.45) is 0.0198. The Hall–Kier alpha value is -4.91. The normalized spacial score (nSPS) is 17.4. The highest BCUT2D eigenvalue weighted by Crippen LogP contribution is 2.42. The van der Waals surface area contributed by atoms with Gasteiger partial charge < -0.3 is 34.8 Å². The zero-order chi connectivity index (χ0) is 34.4. The van der Waals surface area contributed by atoms with Crippen LogP contribution < -0.4 is 10.6 Å². The molecule has 0 bridgehead atoms. The predicted molar refractivity (Wildman–Crippen MR) is 179 cm³/mol. The van der Waals surface area contributed by atoms with Crippen LogP contribution in [-0.4, -0.2) is 88.9 Å². The van der Waals surface area contributed by atoms with E-state index in [1.807, 2.05) is 93.5 Å².